The number of nitrogens with zero attached hydrogens (tertiary/aromatic N) is 1. The summed E-state index contributed by atoms with van der Waals surface area (Å²) >= 11 is 5.82. The molecular weight excluding hydrogens is 256 g/mol. The van der Waals surface area contributed by atoms with Crippen molar-refractivity contribution in [3.63, 3.8) is 0 Å². The Morgan fingerprint density at radius 3 is 2.67 bits per heavy atom. The van der Waals surface area contributed by atoms with Gasteiger partial charge in [-0.1, -0.05) is 17.5 Å². The molecule has 0 atom stereocenters. The van der Waals surface area contributed by atoms with Crippen LogP contribution in [-0.2, 0) is 4.79 Å². The van der Waals surface area contributed by atoms with Crippen LogP contribution < -0.4 is 10.6 Å². The molecule has 1 amide bonds. The highest BCUT2D eigenvalue weighted by atomic mass is 35.5. The first-order valence-corrected chi connectivity index (χ1v) is 5.33. The average Bonchev–Trinajstić information content (AvgIpc) is 2.27. The van der Waals surface area contributed by atoms with E-state index in [0.29, 0.717) is 10.7 Å². The van der Waals surface area contributed by atoms with Gasteiger partial charge in [0.05, 0.1) is 17.8 Å². The lowest BCUT2D eigenvalue weighted by molar-refractivity contribution is -0.135. The highest BCUT2D eigenvalue weighted by Gasteiger charge is 2.17. The fraction of sp³-hybridized carbons (Fsp3) is 0.167. The number of hydrogen-bond acceptors (Lipinski definition) is 3. The van der Waals surface area contributed by atoms with Gasteiger partial charge in [0.2, 0.25) is 0 Å². The van der Waals surface area contributed by atoms with Crippen molar-refractivity contribution in [2.24, 2.45) is 5.73 Å². The van der Waals surface area contributed by atoms with E-state index in [1.165, 1.54) is 23.1 Å². The molecule has 0 aliphatic rings. The zero-order valence-electron chi connectivity index (χ0n) is 9.39. The first-order valence-electron chi connectivity index (χ1n) is 4.95. The minimum Gasteiger partial charge on any atom is -0.480 e. The molecule has 0 aliphatic carbocycles. The Balaban J connectivity index is 3.25. The van der Waals surface area contributed by atoms with E-state index in [0.717, 1.165) is 0 Å². The maximum Gasteiger partial charge on any atom is 0.323 e. The number of nitrogens with two attached hydrogens (primary N) is 1. The van der Waals surface area contributed by atoms with E-state index in [2.05, 4.69) is 5.92 Å². The lowest BCUT2D eigenvalue weighted by atomic mass is 10.1. The van der Waals surface area contributed by atoms with Crippen molar-refractivity contribution in [2.75, 3.05) is 18.0 Å². The largest absolute Gasteiger partial charge is 0.480 e. The SMILES string of the molecule is C#CCN(CC(=O)O)c1cc(Cl)ccc1C(N)=O. The second-order valence-electron chi connectivity index (χ2n) is 3.48. The second kappa shape index (κ2) is 5.94. The molecule has 0 unspecified atom stereocenters. The molecule has 6 heteroatoms. The molecule has 18 heavy (non-hydrogen) atoms. The predicted molar refractivity (Wildman–Crippen MR) is 68.7 cm³/mol. The summed E-state index contributed by atoms with van der Waals surface area (Å²) in [5.41, 5.74) is 5.71. The molecule has 94 valence electrons. The van der Waals surface area contributed by atoms with E-state index in [1.807, 2.05) is 0 Å². The molecule has 1 aromatic rings. The highest BCUT2D eigenvalue weighted by molar-refractivity contribution is 6.31. The lowest BCUT2D eigenvalue weighted by Gasteiger charge is -2.22. The third-order valence-corrected chi connectivity index (χ3v) is 2.41. The number of hydrogen-bond donors (Lipinski definition) is 2. The van der Waals surface area contributed by atoms with Crippen molar-refractivity contribution < 1.29 is 14.7 Å². The van der Waals surface area contributed by atoms with Crippen molar-refractivity contribution >= 4 is 29.2 Å². The molecule has 0 spiro atoms. The van der Waals surface area contributed by atoms with Crippen molar-refractivity contribution in [3.8, 4) is 12.3 Å². The predicted octanol–water partition coefficient (Wildman–Crippen LogP) is 0.963. The van der Waals surface area contributed by atoms with Gasteiger partial charge < -0.3 is 15.7 Å². The minimum absolute atomic E-state index is 0.0346. The summed E-state index contributed by atoms with van der Waals surface area (Å²) in [6.45, 7) is -0.308. The molecule has 0 saturated heterocycles. The number of carboxylic acids is 1. The summed E-state index contributed by atoms with van der Waals surface area (Å²) in [5, 5.41) is 9.17. The Kier molecular flexibility index (Phi) is 4.58. The molecule has 0 fully saturated rings. The number of terminal acetylenes is 1. The Bertz CT molecular complexity index is 523. The van der Waals surface area contributed by atoms with Gasteiger partial charge in [0.25, 0.3) is 5.91 Å². The van der Waals surface area contributed by atoms with Gasteiger partial charge in [-0.25, -0.2) is 0 Å². The number of amides is 1. The van der Waals surface area contributed by atoms with Crippen LogP contribution in [-0.4, -0.2) is 30.1 Å². The smallest absolute Gasteiger partial charge is 0.323 e. The average molecular weight is 267 g/mol. The van der Waals surface area contributed by atoms with Crippen LogP contribution in [0.5, 0.6) is 0 Å². The first kappa shape index (κ1) is 13.9. The van der Waals surface area contributed by atoms with E-state index >= 15 is 0 Å². The van der Waals surface area contributed by atoms with Crippen LogP contribution in [0, 0.1) is 12.3 Å². The Morgan fingerprint density at radius 1 is 1.50 bits per heavy atom. The summed E-state index contributed by atoms with van der Waals surface area (Å²) < 4.78 is 0. The van der Waals surface area contributed by atoms with E-state index in [-0.39, 0.29) is 18.7 Å². The fourth-order valence-corrected chi connectivity index (χ4v) is 1.64. The molecule has 0 aromatic heterocycles. The molecule has 1 aromatic carbocycles. The maximum atomic E-state index is 11.3. The van der Waals surface area contributed by atoms with Gasteiger partial charge in [0.1, 0.15) is 6.54 Å². The van der Waals surface area contributed by atoms with Crippen LogP contribution in [0.3, 0.4) is 0 Å². The quantitative estimate of drug-likeness (QED) is 0.778. The van der Waals surface area contributed by atoms with Gasteiger partial charge in [0, 0.05) is 5.02 Å². The number of anilines is 1. The zero-order chi connectivity index (χ0) is 13.7. The molecule has 1 rings (SSSR count). The van der Waals surface area contributed by atoms with Crippen LogP contribution in [0.15, 0.2) is 18.2 Å². The molecule has 0 saturated carbocycles. The molecule has 0 radical (unpaired) electrons. The molecule has 0 bridgehead atoms. The number of carbonyl (C=O) groups excluding carboxylic acids is 1. The fourth-order valence-electron chi connectivity index (χ4n) is 1.47. The van der Waals surface area contributed by atoms with Gasteiger partial charge in [-0.05, 0) is 18.2 Å². The normalized spacial score (nSPS) is 9.56. The number of rotatable bonds is 5. The Hall–Kier alpha value is -2.19. The molecule has 3 N–H and O–H groups in total. The van der Waals surface area contributed by atoms with Gasteiger partial charge in [-0.15, -0.1) is 6.42 Å². The maximum absolute atomic E-state index is 11.3. The van der Waals surface area contributed by atoms with Crippen molar-refractivity contribution in [2.45, 2.75) is 0 Å². The van der Waals surface area contributed by atoms with Gasteiger partial charge in [0.15, 0.2) is 0 Å². The van der Waals surface area contributed by atoms with Gasteiger partial charge in [-0.3, -0.25) is 9.59 Å². The van der Waals surface area contributed by atoms with E-state index in [4.69, 9.17) is 28.9 Å². The van der Waals surface area contributed by atoms with Crippen molar-refractivity contribution in [1.82, 2.24) is 0 Å². The summed E-state index contributed by atoms with van der Waals surface area (Å²) in [6.07, 6.45) is 5.17. The standard InChI is InChI=1S/C12H11ClN2O3/c1-2-5-15(7-11(16)17)10-6-8(13)3-4-9(10)12(14)18/h1,3-4,6H,5,7H2,(H2,14,18)(H,16,17). The number of aliphatic carboxylic acids is 1. The zero-order valence-corrected chi connectivity index (χ0v) is 10.1. The molecule has 0 aliphatic heterocycles. The number of primary amides is 1. The van der Waals surface area contributed by atoms with Gasteiger partial charge in [-0.2, -0.15) is 0 Å². The van der Waals surface area contributed by atoms with E-state index < -0.39 is 11.9 Å². The monoisotopic (exact) mass is 266 g/mol. The van der Waals surface area contributed by atoms with Crippen molar-refractivity contribution in [1.29, 1.82) is 0 Å². The van der Waals surface area contributed by atoms with Gasteiger partial charge >= 0.3 is 5.97 Å². The first-order chi connectivity index (χ1) is 8.45. The molecule has 5 nitrogen and oxygen atoms in total. The van der Waals surface area contributed by atoms with Crippen LogP contribution in [0.1, 0.15) is 10.4 Å². The number of carboxylic acid groups (broad SMARTS) is 1. The summed E-state index contributed by atoms with van der Waals surface area (Å²) in [4.78, 5) is 23.4. The third kappa shape index (κ3) is 3.40. The second-order valence-corrected chi connectivity index (χ2v) is 3.92. The topological polar surface area (TPSA) is 83.6 Å². The minimum atomic E-state index is -1.07. The number of carbonyl (C=O) groups is 2. The van der Waals surface area contributed by atoms with Crippen LogP contribution in [0.2, 0.25) is 5.02 Å². The number of benzene rings is 1. The van der Waals surface area contributed by atoms with E-state index in [1.54, 1.807) is 0 Å². The van der Waals surface area contributed by atoms with Crippen molar-refractivity contribution in [3.05, 3.63) is 28.8 Å². The third-order valence-electron chi connectivity index (χ3n) is 2.17. The van der Waals surface area contributed by atoms with E-state index in [9.17, 15) is 9.59 Å². The summed E-state index contributed by atoms with van der Waals surface area (Å²) in [5.74, 6) is 0.584. The molecule has 0 heterocycles. The molecular formula is C12H11ClN2O3. The Labute approximate surface area is 109 Å². The lowest BCUT2D eigenvalue weighted by Crippen LogP contribution is -2.32. The highest BCUT2D eigenvalue weighted by Crippen LogP contribution is 2.24. The Morgan fingerprint density at radius 2 is 2.17 bits per heavy atom. The van der Waals surface area contributed by atoms with Crippen LogP contribution >= 0.6 is 11.6 Å². The van der Waals surface area contributed by atoms with Crippen LogP contribution in [0.25, 0.3) is 0 Å². The van der Waals surface area contributed by atoms with Crippen LogP contribution in [0.4, 0.5) is 5.69 Å². The summed E-state index contributed by atoms with van der Waals surface area (Å²) in [7, 11) is 0. The summed E-state index contributed by atoms with van der Waals surface area (Å²) in [6, 6.07) is 4.40. The number of halogens is 1.